The fourth-order valence-corrected chi connectivity index (χ4v) is 4.00. The molecule has 3 rings (SSSR count). The van der Waals surface area contributed by atoms with Crippen LogP contribution in [0, 0.1) is 11.3 Å². The van der Waals surface area contributed by atoms with Gasteiger partial charge in [0.05, 0.1) is 0 Å². The molecule has 1 heterocycles. The Bertz CT molecular complexity index is 509. The second-order valence-corrected chi connectivity index (χ2v) is 7.15. The summed E-state index contributed by atoms with van der Waals surface area (Å²) in [6.07, 6.45) is 2.76. The van der Waals surface area contributed by atoms with Crippen molar-refractivity contribution in [2.75, 3.05) is 5.32 Å². The number of amides is 1. The van der Waals surface area contributed by atoms with Crippen LogP contribution in [-0.4, -0.2) is 5.91 Å². The zero-order valence-corrected chi connectivity index (χ0v) is 12.4. The number of benzene rings is 1. The Morgan fingerprint density at radius 3 is 2.78 bits per heavy atom. The predicted molar refractivity (Wildman–Crippen MR) is 76.9 cm³/mol. The summed E-state index contributed by atoms with van der Waals surface area (Å²) >= 11 is 3.84. The minimum absolute atomic E-state index is 0.133. The molecule has 1 fully saturated rings. The zero-order chi connectivity index (χ0) is 12.9. The van der Waals surface area contributed by atoms with Crippen molar-refractivity contribution < 1.29 is 4.79 Å². The first kappa shape index (κ1) is 12.2. The van der Waals surface area contributed by atoms with Gasteiger partial charge in [0.15, 0.2) is 0 Å². The van der Waals surface area contributed by atoms with Gasteiger partial charge >= 0.3 is 0 Å². The van der Waals surface area contributed by atoms with Gasteiger partial charge in [-0.05, 0) is 41.4 Å². The summed E-state index contributed by atoms with van der Waals surface area (Å²) in [6, 6.07) is 6.44. The molecule has 1 aromatic rings. The van der Waals surface area contributed by atoms with E-state index < -0.39 is 0 Å². The number of fused-ring (bicyclic) bond motifs is 1. The molecule has 2 atom stereocenters. The van der Waals surface area contributed by atoms with E-state index in [4.69, 9.17) is 0 Å². The van der Waals surface area contributed by atoms with Crippen LogP contribution in [0.4, 0.5) is 5.69 Å². The maximum absolute atomic E-state index is 11.3. The molecule has 1 amide bonds. The van der Waals surface area contributed by atoms with E-state index >= 15 is 0 Å². The number of carbonyl (C=O) groups excluding carboxylic acids is 1. The number of rotatable bonds is 2. The van der Waals surface area contributed by atoms with Crippen molar-refractivity contribution in [1.29, 1.82) is 0 Å². The highest BCUT2D eigenvalue weighted by Gasteiger charge is 2.49. The minimum atomic E-state index is 0.133. The number of hydrogen-bond acceptors (Lipinski definition) is 1. The highest BCUT2D eigenvalue weighted by molar-refractivity contribution is 9.09. The molecule has 0 spiro atoms. The molecule has 0 bridgehead atoms. The summed E-state index contributed by atoms with van der Waals surface area (Å²) in [4.78, 5) is 11.8. The molecule has 0 saturated heterocycles. The van der Waals surface area contributed by atoms with Gasteiger partial charge in [0.1, 0.15) is 0 Å². The van der Waals surface area contributed by atoms with Gasteiger partial charge in [-0.25, -0.2) is 0 Å². The summed E-state index contributed by atoms with van der Waals surface area (Å²) in [5.41, 5.74) is 4.08. The quantitative estimate of drug-likeness (QED) is 0.820. The van der Waals surface area contributed by atoms with Crippen LogP contribution in [0.1, 0.15) is 42.6 Å². The fourth-order valence-electron chi connectivity index (χ4n) is 2.81. The van der Waals surface area contributed by atoms with Crippen LogP contribution < -0.4 is 5.32 Å². The third-order valence-corrected chi connectivity index (χ3v) is 5.45. The van der Waals surface area contributed by atoms with Crippen LogP contribution in [0.15, 0.2) is 18.2 Å². The number of aryl methyl sites for hydroxylation is 1. The normalized spacial score (nSPS) is 26.2. The molecule has 2 unspecified atom stereocenters. The first-order valence-corrected chi connectivity index (χ1v) is 7.46. The third-order valence-electron chi connectivity index (χ3n) is 4.29. The minimum Gasteiger partial charge on any atom is -0.326 e. The van der Waals surface area contributed by atoms with Crippen molar-refractivity contribution in [2.45, 2.75) is 37.9 Å². The van der Waals surface area contributed by atoms with Crippen LogP contribution in [0.2, 0.25) is 0 Å². The predicted octanol–water partition coefficient (Wildman–Crippen LogP) is 4.05. The van der Waals surface area contributed by atoms with Crippen LogP contribution in [-0.2, 0) is 11.2 Å². The highest BCUT2D eigenvalue weighted by atomic mass is 79.9. The fraction of sp³-hybridized carbons (Fsp3) is 0.533. The maximum Gasteiger partial charge on any atom is 0.224 e. The average molecular weight is 308 g/mol. The molecular formula is C15H18BrNO. The Labute approximate surface area is 116 Å². The molecule has 1 aromatic carbocycles. The van der Waals surface area contributed by atoms with E-state index in [2.05, 4.69) is 47.2 Å². The Hall–Kier alpha value is -0.830. The van der Waals surface area contributed by atoms with Crippen molar-refractivity contribution in [2.24, 2.45) is 11.3 Å². The van der Waals surface area contributed by atoms with Crippen molar-refractivity contribution in [3.05, 3.63) is 29.3 Å². The Balaban J connectivity index is 1.84. The van der Waals surface area contributed by atoms with Gasteiger partial charge in [0.2, 0.25) is 5.91 Å². The molecule has 0 aromatic heterocycles. The average Bonchev–Trinajstić information content (AvgIpc) is 2.97. The van der Waals surface area contributed by atoms with E-state index in [-0.39, 0.29) is 5.91 Å². The summed E-state index contributed by atoms with van der Waals surface area (Å²) in [6.45, 7) is 4.65. The Kier molecular flexibility index (Phi) is 2.77. The standard InChI is InChI=1S/C15H18BrNO/c1-15(2)8-11(15)14(16)10-3-5-12-9(7-10)4-6-13(18)17-12/h3,5,7,11,14H,4,6,8H2,1-2H3,(H,17,18). The number of anilines is 1. The van der Waals surface area contributed by atoms with Gasteiger partial charge in [0, 0.05) is 16.9 Å². The van der Waals surface area contributed by atoms with Crippen LogP contribution in [0.25, 0.3) is 0 Å². The first-order chi connectivity index (χ1) is 8.47. The molecule has 18 heavy (non-hydrogen) atoms. The maximum atomic E-state index is 11.3. The van der Waals surface area contributed by atoms with E-state index in [1.807, 2.05) is 6.07 Å². The van der Waals surface area contributed by atoms with Crippen LogP contribution in [0.3, 0.4) is 0 Å². The first-order valence-electron chi connectivity index (χ1n) is 6.54. The zero-order valence-electron chi connectivity index (χ0n) is 10.8. The van der Waals surface area contributed by atoms with E-state index in [1.165, 1.54) is 17.5 Å². The topological polar surface area (TPSA) is 29.1 Å². The monoisotopic (exact) mass is 307 g/mol. The summed E-state index contributed by atoms with van der Waals surface area (Å²) in [7, 11) is 0. The second-order valence-electron chi connectivity index (χ2n) is 6.17. The van der Waals surface area contributed by atoms with Gasteiger partial charge in [0.25, 0.3) is 0 Å². The molecule has 0 radical (unpaired) electrons. The molecule has 96 valence electrons. The van der Waals surface area contributed by atoms with Crippen molar-refractivity contribution in [3.8, 4) is 0 Å². The van der Waals surface area contributed by atoms with Crippen molar-refractivity contribution >= 4 is 27.5 Å². The van der Waals surface area contributed by atoms with E-state index in [0.717, 1.165) is 18.0 Å². The van der Waals surface area contributed by atoms with Crippen molar-refractivity contribution in [3.63, 3.8) is 0 Å². The lowest BCUT2D eigenvalue weighted by atomic mass is 9.96. The molecule has 1 N–H and O–H groups in total. The molecule has 2 nitrogen and oxygen atoms in total. The highest BCUT2D eigenvalue weighted by Crippen LogP contribution is 2.60. The molecule has 1 saturated carbocycles. The number of carbonyl (C=O) groups is 1. The number of halogens is 1. The molecule has 1 aliphatic heterocycles. The van der Waals surface area contributed by atoms with E-state index in [9.17, 15) is 4.79 Å². The number of hydrogen-bond donors (Lipinski definition) is 1. The van der Waals surface area contributed by atoms with Gasteiger partial charge in [-0.3, -0.25) is 4.79 Å². The molecule has 1 aliphatic carbocycles. The van der Waals surface area contributed by atoms with Gasteiger partial charge in [-0.1, -0.05) is 41.9 Å². The molecular weight excluding hydrogens is 290 g/mol. The van der Waals surface area contributed by atoms with Crippen LogP contribution >= 0.6 is 15.9 Å². The Morgan fingerprint density at radius 2 is 2.11 bits per heavy atom. The molecule has 3 heteroatoms. The number of nitrogens with one attached hydrogen (secondary N) is 1. The van der Waals surface area contributed by atoms with Gasteiger partial charge in [-0.15, -0.1) is 0 Å². The van der Waals surface area contributed by atoms with Gasteiger partial charge < -0.3 is 5.32 Å². The lowest BCUT2D eigenvalue weighted by Crippen LogP contribution is -2.19. The summed E-state index contributed by atoms with van der Waals surface area (Å²) in [5.74, 6) is 0.864. The summed E-state index contributed by atoms with van der Waals surface area (Å²) in [5, 5.41) is 2.93. The largest absolute Gasteiger partial charge is 0.326 e. The molecule has 2 aliphatic rings. The summed E-state index contributed by atoms with van der Waals surface area (Å²) < 4.78 is 0. The van der Waals surface area contributed by atoms with Gasteiger partial charge in [-0.2, -0.15) is 0 Å². The smallest absolute Gasteiger partial charge is 0.224 e. The van der Waals surface area contributed by atoms with E-state index in [0.29, 0.717) is 16.7 Å². The second kappa shape index (κ2) is 4.09. The third kappa shape index (κ3) is 2.09. The lowest BCUT2D eigenvalue weighted by molar-refractivity contribution is -0.116. The van der Waals surface area contributed by atoms with E-state index in [1.54, 1.807) is 0 Å². The number of alkyl halides is 1. The Morgan fingerprint density at radius 1 is 1.39 bits per heavy atom. The van der Waals surface area contributed by atoms with Crippen molar-refractivity contribution in [1.82, 2.24) is 0 Å². The SMILES string of the molecule is CC1(C)CC1C(Br)c1ccc2c(c1)CCC(=O)N2. The van der Waals surface area contributed by atoms with Crippen LogP contribution in [0.5, 0.6) is 0 Å². The lowest BCUT2D eigenvalue weighted by Gasteiger charge is -2.19.